The van der Waals surface area contributed by atoms with Gasteiger partial charge >= 0.3 is 0 Å². The highest BCUT2D eigenvalue weighted by Crippen LogP contribution is 2.20. The Kier molecular flexibility index (Phi) is 2.91. The van der Waals surface area contributed by atoms with E-state index in [1.165, 1.54) is 0 Å². The summed E-state index contributed by atoms with van der Waals surface area (Å²) in [5.41, 5.74) is 1.00. The molecule has 78 valence electrons. The van der Waals surface area contributed by atoms with Crippen LogP contribution in [0.25, 0.3) is 0 Å². The molecule has 0 aliphatic heterocycles. The predicted molar refractivity (Wildman–Crippen MR) is 60.9 cm³/mol. The number of hydrogen-bond donors (Lipinski definition) is 1. The summed E-state index contributed by atoms with van der Waals surface area (Å²) in [7, 11) is 0. The summed E-state index contributed by atoms with van der Waals surface area (Å²) in [6, 6.07) is 6.03. The van der Waals surface area contributed by atoms with Crippen LogP contribution in [0, 0.1) is 6.92 Å². The molecule has 2 aromatic rings. The molecule has 0 saturated heterocycles. The van der Waals surface area contributed by atoms with E-state index in [0.29, 0.717) is 0 Å². The predicted octanol–water partition coefficient (Wildman–Crippen LogP) is 2.41. The summed E-state index contributed by atoms with van der Waals surface area (Å²) in [6.07, 6.45) is 1.79. The number of hydrogen-bond acceptors (Lipinski definition) is 5. The second-order valence-electron chi connectivity index (χ2n) is 3.25. The van der Waals surface area contributed by atoms with Gasteiger partial charge in [-0.1, -0.05) is 17.4 Å². The average molecular weight is 220 g/mol. The van der Waals surface area contributed by atoms with Crippen LogP contribution in [-0.2, 0) is 0 Å². The largest absolute Gasteiger partial charge is 0.352 e. The van der Waals surface area contributed by atoms with Gasteiger partial charge < -0.3 is 5.32 Å². The van der Waals surface area contributed by atoms with Crippen molar-refractivity contribution in [3.63, 3.8) is 0 Å². The van der Waals surface area contributed by atoms with Crippen LogP contribution < -0.4 is 5.32 Å². The van der Waals surface area contributed by atoms with Gasteiger partial charge in [0.1, 0.15) is 5.01 Å². The number of pyridine rings is 1. The molecule has 15 heavy (non-hydrogen) atoms. The van der Waals surface area contributed by atoms with Crippen LogP contribution in [0.15, 0.2) is 24.4 Å². The topological polar surface area (TPSA) is 50.7 Å². The van der Waals surface area contributed by atoms with Crippen LogP contribution in [0.1, 0.15) is 23.7 Å². The minimum absolute atomic E-state index is 0.151. The van der Waals surface area contributed by atoms with E-state index in [1.807, 2.05) is 25.1 Å². The van der Waals surface area contributed by atoms with E-state index in [4.69, 9.17) is 0 Å². The number of nitrogens with one attached hydrogen (secondary N) is 1. The Morgan fingerprint density at radius 1 is 1.33 bits per heavy atom. The Bertz CT molecular complexity index is 426. The van der Waals surface area contributed by atoms with Gasteiger partial charge in [-0.15, -0.1) is 10.2 Å². The average Bonchev–Trinajstić information content (AvgIpc) is 2.65. The highest BCUT2D eigenvalue weighted by molar-refractivity contribution is 7.15. The molecule has 1 N–H and O–H groups in total. The molecule has 4 nitrogen and oxygen atoms in total. The smallest absolute Gasteiger partial charge is 0.206 e. The zero-order valence-corrected chi connectivity index (χ0v) is 9.45. The minimum Gasteiger partial charge on any atom is -0.352 e. The Hall–Kier alpha value is -1.49. The van der Waals surface area contributed by atoms with Gasteiger partial charge in [0.25, 0.3) is 0 Å². The molecule has 1 atom stereocenters. The van der Waals surface area contributed by atoms with Crippen LogP contribution >= 0.6 is 11.3 Å². The Morgan fingerprint density at radius 3 is 2.80 bits per heavy atom. The van der Waals surface area contributed by atoms with Crippen molar-refractivity contribution in [2.45, 2.75) is 19.9 Å². The van der Waals surface area contributed by atoms with Crippen LogP contribution in [0.5, 0.6) is 0 Å². The molecule has 2 heterocycles. The van der Waals surface area contributed by atoms with E-state index in [1.54, 1.807) is 17.5 Å². The summed E-state index contributed by atoms with van der Waals surface area (Å²) in [4.78, 5) is 4.28. The van der Waals surface area contributed by atoms with E-state index in [9.17, 15) is 0 Å². The molecule has 0 radical (unpaired) electrons. The maximum Gasteiger partial charge on any atom is 0.206 e. The first kappa shape index (κ1) is 10.0. The van der Waals surface area contributed by atoms with E-state index >= 15 is 0 Å². The van der Waals surface area contributed by atoms with E-state index < -0.39 is 0 Å². The fourth-order valence-corrected chi connectivity index (χ4v) is 1.92. The fourth-order valence-electron chi connectivity index (χ4n) is 1.25. The maximum atomic E-state index is 4.28. The van der Waals surface area contributed by atoms with Crippen molar-refractivity contribution in [2.24, 2.45) is 0 Å². The van der Waals surface area contributed by atoms with Crippen molar-refractivity contribution in [1.82, 2.24) is 15.2 Å². The van der Waals surface area contributed by atoms with Crippen molar-refractivity contribution < 1.29 is 0 Å². The molecule has 2 aromatic heterocycles. The van der Waals surface area contributed by atoms with Gasteiger partial charge in [0, 0.05) is 6.20 Å². The lowest BCUT2D eigenvalue weighted by atomic mass is 10.2. The van der Waals surface area contributed by atoms with Gasteiger partial charge in [-0.2, -0.15) is 0 Å². The maximum absolute atomic E-state index is 4.28. The molecule has 5 heteroatoms. The van der Waals surface area contributed by atoms with Crippen molar-refractivity contribution in [1.29, 1.82) is 0 Å². The standard InChI is InChI=1S/C10H12N4S/c1-7(9-5-3-4-6-11-9)12-10-14-13-8(2)15-10/h3-7H,1-2H3,(H,12,14). The van der Waals surface area contributed by atoms with Crippen LogP contribution in [0.4, 0.5) is 5.13 Å². The van der Waals surface area contributed by atoms with Gasteiger partial charge in [0.05, 0.1) is 11.7 Å². The lowest BCUT2D eigenvalue weighted by Crippen LogP contribution is -2.07. The first-order chi connectivity index (χ1) is 7.25. The van der Waals surface area contributed by atoms with Crippen LogP contribution in [-0.4, -0.2) is 15.2 Å². The lowest BCUT2D eigenvalue weighted by Gasteiger charge is -2.10. The first-order valence-corrected chi connectivity index (χ1v) is 5.55. The summed E-state index contributed by atoms with van der Waals surface area (Å²) in [5.74, 6) is 0. The van der Waals surface area contributed by atoms with Crippen molar-refractivity contribution >= 4 is 16.5 Å². The SMILES string of the molecule is Cc1nnc(NC(C)c2ccccn2)s1. The van der Waals surface area contributed by atoms with E-state index in [-0.39, 0.29) is 6.04 Å². The Labute approximate surface area is 92.4 Å². The summed E-state index contributed by atoms with van der Waals surface area (Å²) in [6.45, 7) is 3.99. The molecular weight excluding hydrogens is 208 g/mol. The minimum atomic E-state index is 0.151. The zero-order valence-electron chi connectivity index (χ0n) is 8.64. The molecule has 0 spiro atoms. The highest BCUT2D eigenvalue weighted by Gasteiger charge is 2.08. The Morgan fingerprint density at radius 2 is 2.20 bits per heavy atom. The molecule has 0 amide bonds. The molecule has 0 saturated carbocycles. The van der Waals surface area contributed by atoms with E-state index in [2.05, 4.69) is 27.4 Å². The molecule has 2 rings (SSSR count). The first-order valence-electron chi connectivity index (χ1n) is 4.73. The molecule has 0 fully saturated rings. The zero-order chi connectivity index (χ0) is 10.7. The molecular formula is C10H12N4S. The number of nitrogens with zero attached hydrogens (tertiary/aromatic N) is 3. The third-order valence-corrected chi connectivity index (χ3v) is 2.77. The molecule has 0 aromatic carbocycles. The molecule has 1 unspecified atom stereocenters. The van der Waals surface area contributed by atoms with Crippen LogP contribution in [0.3, 0.4) is 0 Å². The third kappa shape index (κ3) is 2.50. The number of aromatic nitrogens is 3. The molecule has 0 bridgehead atoms. The number of rotatable bonds is 3. The summed E-state index contributed by atoms with van der Waals surface area (Å²) >= 11 is 1.55. The monoisotopic (exact) mass is 220 g/mol. The number of aryl methyl sites for hydroxylation is 1. The Balaban J connectivity index is 2.07. The van der Waals surface area contributed by atoms with Gasteiger partial charge in [-0.05, 0) is 26.0 Å². The number of anilines is 1. The summed E-state index contributed by atoms with van der Waals surface area (Å²) < 4.78 is 0. The van der Waals surface area contributed by atoms with Crippen molar-refractivity contribution in [3.8, 4) is 0 Å². The fraction of sp³-hybridized carbons (Fsp3) is 0.300. The normalized spacial score (nSPS) is 12.4. The quantitative estimate of drug-likeness (QED) is 0.863. The van der Waals surface area contributed by atoms with Gasteiger partial charge in [0.2, 0.25) is 5.13 Å². The van der Waals surface area contributed by atoms with Gasteiger partial charge in [0.15, 0.2) is 0 Å². The second-order valence-corrected chi connectivity index (χ2v) is 4.43. The van der Waals surface area contributed by atoms with Crippen molar-refractivity contribution in [3.05, 3.63) is 35.1 Å². The van der Waals surface area contributed by atoms with Crippen LogP contribution in [0.2, 0.25) is 0 Å². The van der Waals surface area contributed by atoms with Crippen molar-refractivity contribution in [2.75, 3.05) is 5.32 Å². The third-order valence-electron chi connectivity index (χ3n) is 2.00. The van der Waals surface area contributed by atoms with E-state index in [0.717, 1.165) is 15.8 Å². The van der Waals surface area contributed by atoms with Gasteiger partial charge in [-0.25, -0.2) is 0 Å². The summed E-state index contributed by atoms with van der Waals surface area (Å²) in [5, 5.41) is 13.0. The van der Waals surface area contributed by atoms with Gasteiger partial charge in [-0.3, -0.25) is 4.98 Å². The molecule has 0 aliphatic rings. The second kappa shape index (κ2) is 4.35. The molecule has 0 aliphatic carbocycles. The lowest BCUT2D eigenvalue weighted by molar-refractivity contribution is 0.831. The highest BCUT2D eigenvalue weighted by atomic mass is 32.1.